The van der Waals surface area contributed by atoms with Crippen molar-refractivity contribution in [1.29, 1.82) is 5.26 Å². The van der Waals surface area contributed by atoms with Crippen molar-refractivity contribution < 1.29 is 9.22 Å². The number of fused-ring (bicyclic) bond motifs is 3. The second kappa shape index (κ2) is 7.11. The first-order chi connectivity index (χ1) is 13.2. The van der Waals surface area contributed by atoms with Gasteiger partial charge in [0.2, 0.25) is 0 Å². The Morgan fingerprint density at radius 2 is 1.41 bits per heavy atom. The highest BCUT2D eigenvalue weighted by molar-refractivity contribution is 5.49. The van der Waals surface area contributed by atoms with Crippen LogP contribution in [0.5, 0.6) is 0 Å². The number of hydrogen-bond donors (Lipinski definition) is 0. The topological polar surface area (TPSA) is 33.0 Å². The average molecular weight is 362 g/mol. The van der Waals surface area contributed by atoms with Crippen LogP contribution in [0.1, 0.15) is 30.4 Å². The molecule has 2 aromatic rings. The van der Waals surface area contributed by atoms with E-state index in [0.29, 0.717) is 0 Å². The summed E-state index contributed by atoms with van der Waals surface area (Å²) in [4.78, 5) is 0. The summed E-state index contributed by atoms with van der Waals surface area (Å²) in [6.07, 6.45) is 3.32. The van der Waals surface area contributed by atoms with Crippen molar-refractivity contribution in [3.05, 3.63) is 71.8 Å². The van der Waals surface area contributed by atoms with Crippen molar-refractivity contribution in [2.45, 2.75) is 24.7 Å². The molecule has 5 rings (SSSR count). The molecule has 0 amide bonds. The van der Waals surface area contributed by atoms with E-state index in [1.54, 1.807) is 7.11 Å². The Balaban J connectivity index is 1.79. The van der Waals surface area contributed by atoms with Crippen molar-refractivity contribution in [2.75, 3.05) is 39.9 Å². The molecule has 3 nitrogen and oxygen atoms in total. The number of methoxy groups -OCH3 is 1. The van der Waals surface area contributed by atoms with E-state index in [4.69, 9.17) is 4.74 Å². The predicted molar refractivity (Wildman–Crippen MR) is 107 cm³/mol. The van der Waals surface area contributed by atoms with E-state index in [1.165, 1.54) is 4.48 Å². The quantitative estimate of drug-likeness (QED) is 0.725. The summed E-state index contributed by atoms with van der Waals surface area (Å²) < 4.78 is 6.54. The summed E-state index contributed by atoms with van der Waals surface area (Å²) in [5, 5.41) is 10.7. The van der Waals surface area contributed by atoms with Crippen LogP contribution in [0.2, 0.25) is 0 Å². The first-order valence-electron chi connectivity index (χ1n) is 10.1. The van der Waals surface area contributed by atoms with Gasteiger partial charge in [0.05, 0.1) is 32.3 Å². The molecule has 3 aliphatic rings. The molecule has 0 atom stereocenters. The lowest BCUT2D eigenvalue weighted by Gasteiger charge is -2.59. The van der Waals surface area contributed by atoms with Gasteiger partial charge in [0.1, 0.15) is 12.0 Å². The maximum Gasteiger partial charge on any atom is 0.113 e. The van der Waals surface area contributed by atoms with Crippen molar-refractivity contribution in [3.63, 3.8) is 0 Å². The number of piperidine rings is 3. The average Bonchev–Trinajstić information content (AvgIpc) is 2.76. The molecule has 2 bridgehead atoms. The molecule has 140 valence electrons. The highest BCUT2D eigenvalue weighted by Gasteiger charge is 2.61. The van der Waals surface area contributed by atoms with Crippen LogP contribution in [0.3, 0.4) is 0 Å². The molecule has 0 saturated carbocycles. The van der Waals surface area contributed by atoms with Crippen molar-refractivity contribution >= 4 is 0 Å². The van der Waals surface area contributed by atoms with Gasteiger partial charge in [-0.05, 0) is 11.1 Å². The Hall–Kier alpha value is -2.15. The van der Waals surface area contributed by atoms with Gasteiger partial charge in [0.15, 0.2) is 0 Å². The minimum absolute atomic E-state index is 0.0114. The smallest absolute Gasteiger partial charge is 0.113 e. The zero-order chi connectivity index (χ0) is 18.8. The summed E-state index contributed by atoms with van der Waals surface area (Å²) in [6.45, 7) is 5.40. The largest absolute Gasteiger partial charge is 0.379 e. The third-order valence-corrected chi connectivity index (χ3v) is 7.34. The summed E-state index contributed by atoms with van der Waals surface area (Å²) in [7, 11) is 1.79. The molecule has 0 aromatic heterocycles. The van der Waals surface area contributed by atoms with Crippen LogP contribution in [0.25, 0.3) is 0 Å². The first kappa shape index (κ1) is 18.2. The summed E-state index contributed by atoms with van der Waals surface area (Å²) in [5.74, 6) is 0. The highest BCUT2D eigenvalue weighted by atomic mass is 16.5. The summed E-state index contributed by atoms with van der Waals surface area (Å²) in [5.41, 5.74) is 1.74. The van der Waals surface area contributed by atoms with Gasteiger partial charge in [0.25, 0.3) is 0 Å². The molecule has 0 N–H and O–H groups in total. The molecule has 0 aliphatic carbocycles. The van der Waals surface area contributed by atoms with Crippen LogP contribution in [0, 0.1) is 16.7 Å². The van der Waals surface area contributed by atoms with Crippen LogP contribution in [-0.4, -0.2) is 44.4 Å². The molecule has 3 fully saturated rings. The fourth-order valence-corrected chi connectivity index (χ4v) is 5.65. The Kier molecular flexibility index (Phi) is 4.80. The van der Waals surface area contributed by atoms with E-state index in [9.17, 15) is 5.26 Å². The van der Waals surface area contributed by atoms with Crippen LogP contribution in [0.4, 0.5) is 0 Å². The molecule has 3 heterocycles. The van der Waals surface area contributed by atoms with Gasteiger partial charge in [-0.15, -0.1) is 0 Å². The zero-order valence-electron chi connectivity index (χ0n) is 16.2. The lowest BCUT2D eigenvalue weighted by Crippen LogP contribution is -2.67. The van der Waals surface area contributed by atoms with E-state index >= 15 is 0 Å². The lowest BCUT2D eigenvalue weighted by molar-refractivity contribution is -0.946. The lowest BCUT2D eigenvalue weighted by atomic mass is 9.50. The van der Waals surface area contributed by atoms with E-state index < -0.39 is 5.41 Å². The van der Waals surface area contributed by atoms with Gasteiger partial charge in [-0.1, -0.05) is 60.7 Å². The number of nitrogens with zero attached hydrogens (tertiary/aromatic N) is 2. The van der Waals surface area contributed by atoms with Gasteiger partial charge in [-0.25, -0.2) is 0 Å². The Morgan fingerprint density at radius 3 is 1.81 bits per heavy atom. The van der Waals surface area contributed by atoms with Crippen molar-refractivity contribution in [2.24, 2.45) is 5.41 Å². The third kappa shape index (κ3) is 2.79. The number of ether oxygens (including phenoxy) is 1. The second-order valence-electron chi connectivity index (χ2n) is 8.35. The Morgan fingerprint density at radius 1 is 0.926 bits per heavy atom. The molecule has 27 heavy (non-hydrogen) atoms. The fraction of sp³-hybridized carbons (Fsp3) is 0.458. The van der Waals surface area contributed by atoms with Gasteiger partial charge < -0.3 is 9.22 Å². The first-order valence-corrected chi connectivity index (χ1v) is 10.1. The standard InChI is InChI=1S/C24H29N2O/c1-27-19-18-26-15-12-23(13-16-26,14-17-26)24(20-25,21-8-4-2-5-9-21)22-10-6-3-7-11-22/h2-11H,12-19H2,1H3/q+1. The molecule has 0 radical (unpaired) electrons. The van der Waals surface area contributed by atoms with E-state index in [1.807, 2.05) is 12.1 Å². The third-order valence-electron chi connectivity index (χ3n) is 7.34. The van der Waals surface area contributed by atoms with E-state index in [2.05, 4.69) is 54.6 Å². The minimum Gasteiger partial charge on any atom is -0.379 e. The molecule has 3 heteroatoms. The molecular formula is C24H29N2O+. The molecular weight excluding hydrogens is 332 g/mol. The van der Waals surface area contributed by atoms with E-state index in [-0.39, 0.29) is 5.41 Å². The molecule has 0 unspecified atom stereocenters. The number of hydrogen-bond acceptors (Lipinski definition) is 2. The van der Waals surface area contributed by atoms with Crippen LogP contribution in [0.15, 0.2) is 60.7 Å². The summed E-state index contributed by atoms with van der Waals surface area (Å²) >= 11 is 0. The fourth-order valence-electron chi connectivity index (χ4n) is 5.65. The minimum atomic E-state index is -0.576. The van der Waals surface area contributed by atoms with Gasteiger partial charge in [-0.2, -0.15) is 5.26 Å². The molecule has 3 saturated heterocycles. The van der Waals surface area contributed by atoms with Gasteiger partial charge in [-0.3, -0.25) is 0 Å². The SMILES string of the molecule is COCC[N+]12CCC(C(C#N)(c3ccccc3)c3ccccc3)(CC1)CC2. The molecule has 3 aliphatic heterocycles. The maximum atomic E-state index is 10.7. The second-order valence-corrected chi connectivity index (χ2v) is 8.35. The summed E-state index contributed by atoms with van der Waals surface area (Å²) in [6, 6.07) is 23.9. The van der Waals surface area contributed by atoms with Crippen LogP contribution in [-0.2, 0) is 10.2 Å². The molecule has 0 spiro atoms. The highest BCUT2D eigenvalue weighted by Crippen LogP contribution is 2.58. The van der Waals surface area contributed by atoms with Crippen LogP contribution < -0.4 is 0 Å². The zero-order valence-corrected chi connectivity index (χ0v) is 16.2. The maximum absolute atomic E-state index is 10.7. The van der Waals surface area contributed by atoms with Crippen molar-refractivity contribution in [3.8, 4) is 6.07 Å². The number of benzene rings is 2. The number of rotatable bonds is 6. The van der Waals surface area contributed by atoms with E-state index in [0.717, 1.165) is 63.2 Å². The number of quaternary nitrogens is 1. The molecule has 2 aromatic carbocycles. The van der Waals surface area contributed by atoms with Crippen LogP contribution >= 0.6 is 0 Å². The monoisotopic (exact) mass is 361 g/mol. The predicted octanol–water partition coefficient (Wildman–Crippen LogP) is 4.14. The number of nitriles is 1. The van der Waals surface area contributed by atoms with Gasteiger partial charge in [0, 0.05) is 31.8 Å². The van der Waals surface area contributed by atoms with Gasteiger partial charge >= 0.3 is 0 Å². The normalized spacial score (nSPS) is 27.3. The Labute approximate surface area is 162 Å². The Bertz CT molecular complexity index is 745. The van der Waals surface area contributed by atoms with Crippen molar-refractivity contribution in [1.82, 2.24) is 0 Å².